The van der Waals surface area contributed by atoms with Crippen LogP contribution in [0.4, 0.5) is 0 Å². The number of pyridine rings is 1. The molecule has 0 unspecified atom stereocenters. The van der Waals surface area contributed by atoms with Gasteiger partial charge in [-0.05, 0) is 41.8 Å². The van der Waals surface area contributed by atoms with Crippen LogP contribution in [0.15, 0.2) is 54.9 Å². The number of ether oxygens (including phenoxy) is 2. The SMILES string of the molecule is COC(=O)COc1ccc(C=CC(=O)N(C)CCc2cccnc2)cc1. The zero-order chi connectivity index (χ0) is 18.8. The third kappa shape index (κ3) is 6.39. The molecule has 1 aromatic carbocycles. The molecule has 0 fully saturated rings. The van der Waals surface area contributed by atoms with Gasteiger partial charge in [0, 0.05) is 32.1 Å². The van der Waals surface area contributed by atoms with Crippen molar-refractivity contribution in [1.29, 1.82) is 0 Å². The van der Waals surface area contributed by atoms with Gasteiger partial charge in [-0.1, -0.05) is 18.2 Å². The minimum atomic E-state index is -0.436. The second kappa shape index (κ2) is 9.98. The van der Waals surface area contributed by atoms with Crippen molar-refractivity contribution in [1.82, 2.24) is 9.88 Å². The summed E-state index contributed by atoms with van der Waals surface area (Å²) in [6, 6.07) is 11.0. The van der Waals surface area contributed by atoms with Gasteiger partial charge in [0.2, 0.25) is 5.91 Å². The van der Waals surface area contributed by atoms with Gasteiger partial charge in [-0.2, -0.15) is 0 Å². The summed E-state index contributed by atoms with van der Waals surface area (Å²) in [5.74, 6) is 0.0567. The lowest BCUT2D eigenvalue weighted by atomic mass is 10.2. The summed E-state index contributed by atoms with van der Waals surface area (Å²) in [4.78, 5) is 28.9. The van der Waals surface area contributed by atoms with E-state index < -0.39 is 5.97 Å². The molecule has 2 aromatic rings. The van der Waals surface area contributed by atoms with Crippen LogP contribution in [0.2, 0.25) is 0 Å². The molecule has 1 aromatic heterocycles. The van der Waals surface area contributed by atoms with Crippen molar-refractivity contribution in [2.24, 2.45) is 0 Å². The Bertz CT molecular complexity index is 742. The molecule has 1 heterocycles. The third-order valence-corrected chi connectivity index (χ3v) is 3.72. The lowest BCUT2D eigenvalue weighted by Crippen LogP contribution is -2.27. The summed E-state index contributed by atoms with van der Waals surface area (Å²) in [6.07, 6.45) is 7.57. The normalized spacial score (nSPS) is 10.5. The first kappa shape index (κ1) is 19.2. The Kier molecular flexibility index (Phi) is 7.36. The van der Waals surface area contributed by atoms with Crippen LogP contribution in [-0.4, -0.2) is 49.1 Å². The van der Waals surface area contributed by atoms with Gasteiger partial charge in [-0.15, -0.1) is 0 Å². The summed E-state index contributed by atoms with van der Waals surface area (Å²) in [5.41, 5.74) is 1.96. The van der Waals surface area contributed by atoms with E-state index in [1.165, 1.54) is 13.2 Å². The second-order valence-corrected chi connectivity index (χ2v) is 5.64. The fourth-order valence-electron chi connectivity index (χ4n) is 2.12. The third-order valence-electron chi connectivity index (χ3n) is 3.72. The molecule has 26 heavy (non-hydrogen) atoms. The molecule has 0 radical (unpaired) electrons. The zero-order valence-electron chi connectivity index (χ0n) is 14.9. The zero-order valence-corrected chi connectivity index (χ0v) is 14.9. The predicted octanol–water partition coefficient (Wildman–Crippen LogP) is 2.35. The number of hydrogen-bond donors (Lipinski definition) is 0. The smallest absolute Gasteiger partial charge is 0.343 e. The van der Waals surface area contributed by atoms with Crippen LogP contribution in [0.1, 0.15) is 11.1 Å². The van der Waals surface area contributed by atoms with Crippen molar-refractivity contribution in [3.8, 4) is 5.75 Å². The van der Waals surface area contributed by atoms with E-state index in [2.05, 4.69) is 9.72 Å². The maximum atomic E-state index is 12.2. The largest absolute Gasteiger partial charge is 0.482 e. The van der Waals surface area contributed by atoms with Crippen LogP contribution in [0, 0.1) is 0 Å². The van der Waals surface area contributed by atoms with E-state index in [1.54, 1.807) is 42.6 Å². The minimum absolute atomic E-state index is 0.0695. The van der Waals surface area contributed by atoms with Crippen molar-refractivity contribution in [3.05, 3.63) is 66.0 Å². The average Bonchev–Trinajstić information content (AvgIpc) is 2.69. The summed E-state index contributed by atoms with van der Waals surface area (Å²) in [5, 5.41) is 0. The molecular formula is C20H22N2O4. The van der Waals surface area contributed by atoms with Crippen molar-refractivity contribution in [3.63, 3.8) is 0 Å². The maximum absolute atomic E-state index is 12.2. The van der Waals surface area contributed by atoms with E-state index in [9.17, 15) is 9.59 Å². The molecule has 0 atom stereocenters. The van der Waals surface area contributed by atoms with E-state index in [1.807, 2.05) is 24.3 Å². The maximum Gasteiger partial charge on any atom is 0.343 e. The molecule has 0 spiro atoms. The molecule has 0 saturated heterocycles. The molecule has 0 aliphatic carbocycles. The van der Waals surface area contributed by atoms with Gasteiger partial charge in [0.1, 0.15) is 5.75 Å². The molecule has 136 valence electrons. The van der Waals surface area contributed by atoms with Crippen molar-refractivity contribution in [2.45, 2.75) is 6.42 Å². The highest BCUT2D eigenvalue weighted by Gasteiger charge is 2.05. The topological polar surface area (TPSA) is 68.7 Å². The first-order valence-corrected chi connectivity index (χ1v) is 8.20. The lowest BCUT2D eigenvalue weighted by molar-refractivity contribution is -0.142. The fraction of sp³-hybridized carbons (Fsp3) is 0.250. The van der Waals surface area contributed by atoms with Crippen molar-refractivity contribution < 1.29 is 19.1 Å². The Labute approximate surface area is 153 Å². The first-order chi connectivity index (χ1) is 12.6. The molecule has 0 aliphatic rings. The highest BCUT2D eigenvalue weighted by atomic mass is 16.6. The number of methoxy groups -OCH3 is 1. The molecule has 6 heteroatoms. The lowest BCUT2D eigenvalue weighted by Gasteiger charge is -2.14. The van der Waals surface area contributed by atoms with Crippen LogP contribution in [0.5, 0.6) is 5.75 Å². The number of aromatic nitrogens is 1. The Balaban J connectivity index is 1.82. The summed E-state index contributed by atoms with van der Waals surface area (Å²) < 4.78 is 9.78. The minimum Gasteiger partial charge on any atom is -0.482 e. The summed E-state index contributed by atoms with van der Waals surface area (Å²) >= 11 is 0. The number of hydrogen-bond acceptors (Lipinski definition) is 5. The van der Waals surface area contributed by atoms with Gasteiger partial charge >= 0.3 is 5.97 Å². The number of likely N-dealkylation sites (N-methyl/N-ethyl adjacent to an activating group) is 1. The van der Waals surface area contributed by atoms with Crippen LogP contribution >= 0.6 is 0 Å². The number of amides is 1. The molecular weight excluding hydrogens is 332 g/mol. The van der Waals surface area contributed by atoms with E-state index in [4.69, 9.17) is 4.74 Å². The van der Waals surface area contributed by atoms with Crippen LogP contribution in [0.25, 0.3) is 6.08 Å². The van der Waals surface area contributed by atoms with Gasteiger partial charge in [0.05, 0.1) is 7.11 Å². The van der Waals surface area contributed by atoms with Gasteiger partial charge in [0.25, 0.3) is 0 Å². The number of esters is 1. The number of rotatable bonds is 8. The highest BCUT2D eigenvalue weighted by molar-refractivity contribution is 5.91. The molecule has 0 N–H and O–H groups in total. The van der Waals surface area contributed by atoms with E-state index in [0.29, 0.717) is 12.3 Å². The van der Waals surface area contributed by atoms with Crippen LogP contribution < -0.4 is 4.74 Å². The van der Waals surface area contributed by atoms with Crippen LogP contribution in [-0.2, 0) is 20.7 Å². The summed E-state index contributed by atoms with van der Waals surface area (Å²) in [7, 11) is 3.08. The van der Waals surface area contributed by atoms with Crippen molar-refractivity contribution in [2.75, 3.05) is 27.3 Å². The highest BCUT2D eigenvalue weighted by Crippen LogP contribution is 2.13. The number of benzene rings is 1. The number of carbonyl (C=O) groups is 2. The van der Waals surface area contributed by atoms with Gasteiger partial charge in [-0.3, -0.25) is 9.78 Å². The Morgan fingerprint density at radius 3 is 2.62 bits per heavy atom. The van der Waals surface area contributed by atoms with Crippen molar-refractivity contribution >= 4 is 18.0 Å². The van der Waals surface area contributed by atoms with Gasteiger partial charge < -0.3 is 14.4 Å². The Morgan fingerprint density at radius 1 is 1.19 bits per heavy atom. The molecule has 0 bridgehead atoms. The quantitative estimate of drug-likeness (QED) is 0.538. The van der Waals surface area contributed by atoms with Crippen LogP contribution in [0.3, 0.4) is 0 Å². The van der Waals surface area contributed by atoms with E-state index in [-0.39, 0.29) is 12.5 Å². The molecule has 2 rings (SSSR count). The monoisotopic (exact) mass is 354 g/mol. The average molecular weight is 354 g/mol. The first-order valence-electron chi connectivity index (χ1n) is 8.20. The van der Waals surface area contributed by atoms with Gasteiger partial charge in [-0.25, -0.2) is 4.79 Å². The number of nitrogens with zero attached hydrogens (tertiary/aromatic N) is 2. The standard InChI is InChI=1S/C20H22N2O4/c1-22(13-11-17-4-3-12-21-14-17)19(23)10-7-16-5-8-18(9-6-16)26-15-20(24)25-2/h3-10,12,14H,11,13,15H2,1-2H3. The molecule has 0 aliphatic heterocycles. The Morgan fingerprint density at radius 2 is 1.96 bits per heavy atom. The fourth-order valence-corrected chi connectivity index (χ4v) is 2.12. The van der Waals surface area contributed by atoms with E-state index >= 15 is 0 Å². The summed E-state index contributed by atoms with van der Waals surface area (Å²) in [6.45, 7) is 0.487. The predicted molar refractivity (Wildman–Crippen MR) is 98.6 cm³/mol. The molecule has 1 amide bonds. The number of carbonyl (C=O) groups excluding carboxylic acids is 2. The molecule has 0 saturated carbocycles. The van der Waals surface area contributed by atoms with Gasteiger partial charge in [0.15, 0.2) is 6.61 Å². The Hall–Kier alpha value is -3.15. The van der Waals surface area contributed by atoms with E-state index in [0.717, 1.165) is 17.5 Å². The second-order valence-electron chi connectivity index (χ2n) is 5.64. The molecule has 6 nitrogen and oxygen atoms in total.